The number of carbonyl (C=O) groups excluding carboxylic acids is 1. The summed E-state index contributed by atoms with van der Waals surface area (Å²) in [4.78, 5) is 22.3. The summed E-state index contributed by atoms with van der Waals surface area (Å²) in [5.74, 6) is 1.59. The Kier molecular flexibility index (Phi) is 5.38. The van der Waals surface area contributed by atoms with E-state index in [-0.39, 0.29) is 11.6 Å². The Morgan fingerprint density at radius 1 is 1.18 bits per heavy atom. The predicted octanol–water partition coefficient (Wildman–Crippen LogP) is 1.71. The molecule has 11 heteroatoms. The molecule has 0 bridgehead atoms. The van der Waals surface area contributed by atoms with Crippen molar-refractivity contribution in [2.75, 3.05) is 32.6 Å². The number of aryl methyl sites for hydroxylation is 1. The molecule has 0 unspecified atom stereocenters. The van der Waals surface area contributed by atoms with Gasteiger partial charge < -0.3 is 15.4 Å². The molecule has 11 nitrogen and oxygen atoms in total. The first-order chi connectivity index (χ1) is 16.0. The van der Waals surface area contributed by atoms with Crippen LogP contribution in [0.2, 0.25) is 0 Å². The highest BCUT2D eigenvalue weighted by Crippen LogP contribution is 2.31. The molecule has 0 aliphatic carbocycles. The van der Waals surface area contributed by atoms with Crippen molar-refractivity contribution in [1.82, 2.24) is 39.6 Å². The summed E-state index contributed by atoms with van der Waals surface area (Å²) in [6.07, 6.45) is 7.73. The first kappa shape index (κ1) is 20.9. The van der Waals surface area contributed by atoms with Crippen LogP contribution in [0.5, 0.6) is 5.75 Å². The van der Waals surface area contributed by atoms with Crippen LogP contribution >= 0.6 is 0 Å². The molecule has 0 saturated carbocycles. The lowest BCUT2D eigenvalue weighted by atomic mass is 10.1. The van der Waals surface area contributed by atoms with Crippen molar-refractivity contribution in [3.05, 3.63) is 48.7 Å². The van der Waals surface area contributed by atoms with Crippen molar-refractivity contribution in [3.63, 3.8) is 0 Å². The number of carbonyl (C=O) groups is 1. The Hall–Kier alpha value is -3.99. The van der Waals surface area contributed by atoms with Gasteiger partial charge in [0, 0.05) is 38.0 Å². The number of ether oxygens (including phenoxy) is 1. The number of aromatic nitrogens is 6. The number of hydrogen-bond donors (Lipinski definition) is 2. The SMILES string of the molecule is CNC(=O)c1cnc(Nc2cc3cc(-c4c(OC[C@H]5CCN5C)cnn4C)ccn3n2)cn1. The Morgan fingerprint density at radius 2 is 2.06 bits per heavy atom. The maximum atomic E-state index is 11.6. The summed E-state index contributed by atoms with van der Waals surface area (Å²) in [6, 6.07) is 6.40. The molecule has 0 spiro atoms. The molecule has 0 aromatic carbocycles. The molecule has 33 heavy (non-hydrogen) atoms. The smallest absolute Gasteiger partial charge is 0.271 e. The maximum absolute atomic E-state index is 11.6. The number of nitrogens with one attached hydrogen (secondary N) is 2. The van der Waals surface area contributed by atoms with E-state index in [4.69, 9.17) is 4.74 Å². The van der Waals surface area contributed by atoms with E-state index in [0.717, 1.165) is 35.5 Å². The molecule has 2 N–H and O–H groups in total. The minimum atomic E-state index is -0.285. The third-order valence-corrected chi connectivity index (χ3v) is 5.88. The van der Waals surface area contributed by atoms with Crippen LogP contribution in [0.25, 0.3) is 16.8 Å². The molecule has 1 atom stereocenters. The summed E-state index contributed by atoms with van der Waals surface area (Å²) in [7, 11) is 5.57. The van der Waals surface area contributed by atoms with Gasteiger partial charge in [-0.05, 0) is 32.1 Å². The van der Waals surface area contributed by atoms with Crippen LogP contribution in [0.4, 0.5) is 11.6 Å². The van der Waals surface area contributed by atoms with E-state index >= 15 is 0 Å². The van der Waals surface area contributed by atoms with Crippen molar-refractivity contribution in [2.45, 2.75) is 12.5 Å². The number of likely N-dealkylation sites (N-methyl/N-ethyl adjacent to an activating group) is 1. The standard InChI is InChI=1S/C22H25N9O2/c1-23-22(32)17-10-25-20(12-24-17)27-19-9-16-8-14(4-7-31(16)28-19)21-18(11-26-30(21)3)33-13-15-5-6-29(15)2/h4,7-12,15H,5-6,13H2,1-3H3,(H,23,32)(H,25,27,28)/t15-/m1/s1. The van der Waals surface area contributed by atoms with E-state index < -0.39 is 0 Å². The monoisotopic (exact) mass is 447 g/mol. The summed E-state index contributed by atoms with van der Waals surface area (Å²) < 4.78 is 9.71. The lowest BCUT2D eigenvalue weighted by Crippen LogP contribution is -2.48. The quantitative estimate of drug-likeness (QED) is 0.440. The molecule has 5 rings (SSSR count). The zero-order chi connectivity index (χ0) is 22.9. The maximum Gasteiger partial charge on any atom is 0.271 e. The molecule has 1 saturated heterocycles. The van der Waals surface area contributed by atoms with Gasteiger partial charge in [-0.2, -0.15) is 10.2 Å². The minimum absolute atomic E-state index is 0.251. The summed E-state index contributed by atoms with van der Waals surface area (Å²) in [6.45, 7) is 1.77. The Bertz CT molecular complexity index is 1300. The summed E-state index contributed by atoms with van der Waals surface area (Å²) in [5, 5.41) is 14.6. The van der Waals surface area contributed by atoms with E-state index in [2.05, 4.69) is 42.7 Å². The van der Waals surface area contributed by atoms with Gasteiger partial charge in [0.1, 0.15) is 23.8 Å². The fourth-order valence-electron chi connectivity index (χ4n) is 3.79. The molecular weight excluding hydrogens is 422 g/mol. The molecule has 1 aliphatic rings. The number of nitrogens with zero attached hydrogens (tertiary/aromatic N) is 7. The molecule has 5 heterocycles. The van der Waals surface area contributed by atoms with Gasteiger partial charge in [0.2, 0.25) is 0 Å². The van der Waals surface area contributed by atoms with Crippen molar-refractivity contribution >= 4 is 23.1 Å². The molecule has 1 amide bonds. The van der Waals surface area contributed by atoms with E-state index in [0.29, 0.717) is 24.3 Å². The van der Waals surface area contributed by atoms with Gasteiger partial charge in [-0.3, -0.25) is 14.4 Å². The fraction of sp³-hybridized carbons (Fsp3) is 0.318. The second-order valence-electron chi connectivity index (χ2n) is 8.02. The average Bonchev–Trinajstić information content (AvgIpc) is 3.39. The lowest BCUT2D eigenvalue weighted by Gasteiger charge is -2.37. The zero-order valence-corrected chi connectivity index (χ0v) is 18.7. The highest BCUT2D eigenvalue weighted by atomic mass is 16.5. The van der Waals surface area contributed by atoms with Crippen LogP contribution in [0, 0.1) is 0 Å². The van der Waals surface area contributed by atoms with E-state index in [1.165, 1.54) is 12.4 Å². The first-order valence-electron chi connectivity index (χ1n) is 10.7. The van der Waals surface area contributed by atoms with Crippen LogP contribution in [0.15, 0.2) is 43.0 Å². The minimum Gasteiger partial charge on any atom is -0.488 e. The van der Waals surface area contributed by atoms with Crippen LogP contribution in [-0.2, 0) is 7.05 Å². The van der Waals surface area contributed by atoms with Crippen LogP contribution < -0.4 is 15.4 Å². The number of rotatable bonds is 7. The number of anilines is 2. The lowest BCUT2D eigenvalue weighted by molar-refractivity contribution is 0.0771. The van der Waals surface area contributed by atoms with E-state index in [9.17, 15) is 4.79 Å². The van der Waals surface area contributed by atoms with Gasteiger partial charge in [-0.1, -0.05) is 0 Å². The highest BCUT2D eigenvalue weighted by Gasteiger charge is 2.25. The molecule has 170 valence electrons. The van der Waals surface area contributed by atoms with Gasteiger partial charge in [-0.25, -0.2) is 14.5 Å². The second kappa shape index (κ2) is 8.51. The normalized spacial score (nSPS) is 15.9. The van der Waals surface area contributed by atoms with E-state index in [1.54, 1.807) is 17.8 Å². The van der Waals surface area contributed by atoms with Crippen molar-refractivity contribution < 1.29 is 9.53 Å². The zero-order valence-electron chi connectivity index (χ0n) is 18.7. The third-order valence-electron chi connectivity index (χ3n) is 5.88. The Balaban J connectivity index is 1.35. The van der Waals surface area contributed by atoms with Gasteiger partial charge in [0.15, 0.2) is 11.6 Å². The van der Waals surface area contributed by atoms with Gasteiger partial charge >= 0.3 is 0 Å². The molecule has 1 fully saturated rings. The Morgan fingerprint density at radius 3 is 2.76 bits per heavy atom. The number of amides is 1. The second-order valence-corrected chi connectivity index (χ2v) is 8.02. The van der Waals surface area contributed by atoms with Gasteiger partial charge in [0.25, 0.3) is 5.91 Å². The fourth-order valence-corrected chi connectivity index (χ4v) is 3.79. The third kappa shape index (κ3) is 4.10. The van der Waals surface area contributed by atoms with E-state index in [1.807, 2.05) is 36.1 Å². The Labute approximate surface area is 190 Å². The van der Waals surface area contributed by atoms with Gasteiger partial charge in [0.05, 0.1) is 24.1 Å². The topological polar surface area (TPSA) is 114 Å². The number of fused-ring (bicyclic) bond motifs is 1. The van der Waals surface area contributed by atoms with Crippen molar-refractivity contribution in [3.8, 4) is 17.0 Å². The number of likely N-dealkylation sites (tertiary alicyclic amines) is 1. The van der Waals surface area contributed by atoms with Crippen LogP contribution in [0.1, 0.15) is 16.9 Å². The predicted molar refractivity (Wildman–Crippen MR) is 123 cm³/mol. The van der Waals surface area contributed by atoms with Crippen LogP contribution in [-0.4, -0.2) is 73.5 Å². The van der Waals surface area contributed by atoms with Crippen molar-refractivity contribution in [2.24, 2.45) is 7.05 Å². The molecule has 1 aliphatic heterocycles. The summed E-state index contributed by atoms with van der Waals surface area (Å²) in [5.41, 5.74) is 3.06. The van der Waals surface area contributed by atoms with Crippen LogP contribution in [0.3, 0.4) is 0 Å². The largest absolute Gasteiger partial charge is 0.488 e. The molecule has 0 radical (unpaired) electrons. The van der Waals surface area contributed by atoms with Crippen molar-refractivity contribution in [1.29, 1.82) is 0 Å². The molecule has 4 aromatic heterocycles. The number of hydrogen-bond acceptors (Lipinski definition) is 8. The average molecular weight is 448 g/mol. The first-order valence-corrected chi connectivity index (χ1v) is 10.7. The molecular formula is C22H25N9O2. The van der Waals surface area contributed by atoms with Gasteiger partial charge in [-0.15, -0.1) is 0 Å². The number of pyridine rings is 1. The summed E-state index contributed by atoms with van der Waals surface area (Å²) >= 11 is 0. The molecule has 4 aromatic rings. The highest BCUT2D eigenvalue weighted by molar-refractivity contribution is 5.91.